The highest BCUT2D eigenvalue weighted by molar-refractivity contribution is 6.31. The van der Waals surface area contributed by atoms with Crippen molar-refractivity contribution >= 4 is 29.1 Å². The van der Waals surface area contributed by atoms with Gasteiger partial charge in [-0.1, -0.05) is 29.8 Å². The number of rotatable bonds is 4. The van der Waals surface area contributed by atoms with Crippen molar-refractivity contribution in [2.75, 3.05) is 18.9 Å². The average molecular weight is 319 g/mol. The Morgan fingerprint density at radius 2 is 1.86 bits per heavy atom. The Kier molecular flexibility index (Phi) is 5.01. The molecule has 0 unspecified atom stereocenters. The summed E-state index contributed by atoms with van der Waals surface area (Å²) in [5.74, 6) is -0.989. The maximum atomic E-state index is 12.2. The van der Waals surface area contributed by atoms with E-state index in [-0.39, 0.29) is 23.8 Å². The van der Waals surface area contributed by atoms with Gasteiger partial charge in [0.25, 0.3) is 5.91 Å². The van der Waals surface area contributed by atoms with Gasteiger partial charge < -0.3 is 15.3 Å². The number of benzene rings is 2. The fourth-order valence-corrected chi connectivity index (χ4v) is 2.07. The van der Waals surface area contributed by atoms with Gasteiger partial charge in [0, 0.05) is 17.8 Å². The molecule has 2 aromatic rings. The van der Waals surface area contributed by atoms with Crippen LogP contribution in [-0.2, 0) is 4.79 Å². The Morgan fingerprint density at radius 1 is 1.18 bits per heavy atom. The highest BCUT2D eigenvalue weighted by Gasteiger charge is 2.18. The van der Waals surface area contributed by atoms with Gasteiger partial charge in [-0.25, -0.2) is 0 Å². The van der Waals surface area contributed by atoms with Crippen molar-refractivity contribution in [2.24, 2.45) is 0 Å². The topological polar surface area (TPSA) is 69.6 Å². The Hall–Kier alpha value is -2.53. The lowest BCUT2D eigenvalue weighted by Crippen LogP contribution is -2.35. The molecule has 0 aliphatic carbocycles. The molecule has 0 atom stereocenters. The van der Waals surface area contributed by atoms with Crippen LogP contribution in [-0.4, -0.2) is 35.4 Å². The van der Waals surface area contributed by atoms with Gasteiger partial charge in [0.15, 0.2) is 0 Å². The van der Waals surface area contributed by atoms with Gasteiger partial charge in [-0.2, -0.15) is 0 Å². The molecule has 0 spiro atoms. The maximum Gasteiger partial charge on any atom is 0.257 e. The highest BCUT2D eigenvalue weighted by atomic mass is 35.5. The summed E-state index contributed by atoms with van der Waals surface area (Å²) in [4.78, 5) is 25.4. The monoisotopic (exact) mass is 318 g/mol. The van der Waals surface area contributed by atoms with Crippen molar-refractivity contribution in [2.45, 2.75) is 0 Å². The summed E-state index contributed by atoms with van der Waals surface area (Å²) in [6.45, 7) is -0.139. The minimum absolute atomic E-state index is 0.0579. The molecular weight excluding hydrogens is 304 g/mol. The molecule has 0 saturated carbocycles. The largest absolute Gasteiger partial charge is 0.507 e. The quantitative estimate of drug-likeness (QED) is 0.910. The van der Waals surface area contributed by atoms with E-state index in [1.54, 1.807) is 24.3 Å². The van der Waals surface area contributed by atoms with E-state index in [4.69, 9.17) is 11.6 Å². The Labute approximate surface area is 133 Å². The summed E-state index contributed by atoms with van der Waals surface area (Å²) in [6, 6.07) is 13.1. The number of carbonyl (C=O) groups is 2. The second-order valence-electron chi connectivity index (χ2n) is 4.74. The SMILES string of the molecule is CN(CC(=O)Nc1ccccc1)C(=O)c1cc(Cl)ccc1O. The van der Waals surface area contributed by atoms with Crippen LogP contribution < -0.4 is 5.32 Å². The summed E-state index contributed by atoms with van der Waals surface area (Å²) in [5, 5.41) is 12.7. The summed E-state index contributed by atoms with van der Waals surface area (Å²) < 4.78 is 0. The van der Waals surface area contributed by atoms with Crippen LogP contribution >= 0.6 is 11.6 Å². The molecule has 114 valence electrons. The first kappa shape index (κ1) is 15.9. The molecule has 2 N–H and O–H groups in total. The molecule has 0 radical (unpaired) electrons. The average Bonchev–Trinajstić information content (AvgIpc) is 2.49. The third-order valence-corrected chi connectivity index (χ3v) is 3.21. The summed E-state index contributed by atoms with van der Waals surface area (Å²) >= 11 is 5.82. The number of likely N-dealkylation sites (N-methyl/N-ethyl adjacent to an activating group) is 1. The van der Waals surface area contributed by atoms with Crippen molar-refractivity contribution in [3.05, 3.63) is 59.1 Å². The first-order valence-electron chi connectivity index (χ1n) is 6.56. The highest BCUT2D eigenvalue weighted by Crippen LogP contribution is 2.22. The zero-order chi connectivity index (χ0) is 16.1. The van der Waals surface area contributed by atoms with Gasteiger partial charge >= 0.3 is 0 Å². The van der Waals surface area contributed by atoms with Crippen molar-refractivity contribution in [3.63, 3.8) is 0 Å². The number of phenolic OH excluding ortho intramolecular Hbond substituents is 1. The van der Waals surface area contributed by atoms with Crippen LogP contribution in [0.2, 0.25) is 5.02 Å². The van der Waals surface area contributed by atoms with Crippen molar-refractivity contribution in [1.82, 2.24) is 4.90 Å². The van der Waals surface area contributed by atoms with Crippen LogP contribution in [0.3, 0.4) is 0 Å². The number of nitrogens with zero attached hydrogens (tertiary/aromatic N) is 1. The fraction of sp³-hybridized carbons (Fsp3) is 0.125. The number of amides is 2. The number of halogens is 1. The first-order chi connectivity index (χ1) is 10.5. The van der Waals surface area contributed by atoms with Gasteiger partial charge in [-0.15, -0.1) is 0 Å². The normalized spacial score (nSPS) is 10.1. The van der Waals surface area contributed by atoms with E-state index in [1.165, 1.54) is 30.1 Å². The second-order valence-corrected chi connectivity index (χ2v) is 5.17. The fourth-order valence-electron chi connectivity index (χ4n) is 1.89. The molecular formula is C16H15ClN2O3. The van der Waals surface area contributed by atoms with E-state index in [2.05, 4.69) is 5.32 Å². The molecule has 0 bridgehead atoms. The number of hydrogen-bond donors (Lipinski definition) is 2. The molecule has 0 aliphatic heterocycles. The van der Waals surface area contributed by atoms with E-state index in [1.807, 2.05) is 6.07 Å². The van der Waals surface area contributed by atoms with Crippen LogP contribution in [0.15, 0.2) is 48.5 Å². The van der Waals surface area contributed by atoms with E-state index in [9.17, 15) is 14.7 Å². The smallest absolute Gasteiger partial charge is 0.257 e. The number of phenols is 1. The number of hydrogen-bond acceptors (Lipinski definition) is 3. The zero-order valence-corrected chi connectivity index (χ0v) is 12.7. The molecule has 2 rings (SSSR count). The lowest BCUT2D eigenvalue weighted by Gasteiger charge is -2.17. The molecule has 5 nitrogen and oxygen atoms in total. The predicted octanol–water partition coefficient (Wildman–Crippen LogP) is 2.76. The van der Waals surface area contributed by atoms with Gasteiger partial charge in [-0.3, -0.25) is 9.59 Å². The van der Waals surface area contributed by atoms with E-state index >= 15 is 0 Å². The molecule has 0 aliphatic rings. The van der Waals surface area contributed by atoms with Crippen molar-refractivity contribution in [3.8, 4) is 5.75 Å². The predicted molar refractivity (Wildman–Crippen MR) is 85.1 cm³/mol. The lowest BCUT2D eigenvalue weighted by atomic mass is 10.2. The van der Waals surface area contributed by atoms with E-state index < -0.39 is 5.91 Å². The zero-order valence-electron chi connectivity index (χ0n) is 11.9. The summed E-state index contributed by atoms with van der Waals surface area (Å²) in [7, 11) is 1.48. The standard InChI is InChI=1S/C16H15ClN2O3/c1-19(10-15(21)18-12-5-3-2-4-6-12)16(22)13-9-11(17)7-8-14(13)20/h2-9,20H,10H2,1H3,(H,18,21). The number of para-hydroxylation sites is 1. The van der Waals surface area contributed by atoms with Gasteiger partial charge in [0.05, 0.1) is 12.1 Å². The third kappa shape index (κ3) is 3.99. The minimum atomic E-state index is -0.483. The third-order valence-electron chi connectivity index (χ3n) is 2.97. The van der Waals surface area contributed by atoms with Crippen LogP contribution in [0.25, 0.3) is 0 Å². The van der Waals surface area contributed by atoms with Gasteiger partial charge in [0.1, 0.15) is 5.75 Å². The number of carbonyl (C=O) groups excluding carboxylic acids is 2. The van der Waals surface area contributed by atoms with E-state index in [0.29, 0.717) is 10.7 Å². The molecule has 2 amide bonds. The molecule has 0 heterocycles. The lowest BCUT2D eigenvalue weighted by molar-refractivity contribution is -0.116. The van der Waals surface area contributed by atoms with Gasteiger partial charge in [-0.05, 0) is 30.3 Å². The molecule has 6 heteroatoms. The van der Waals surface area contributed by atoms with Crippen LogP contribution in [0.1, 0.15) is 10.4 Å². The Bertz CT molecular complexity index is 689. The summed E-state index contributed by atoms with van der Waals surface area (Å²) in [5.41, 5.74) is 0.710. The summed E-state index contributed by atoms with van der Waals surface area (Å²) in [6.07, 6.45) is 0. The minimum Gasteiger partial charge on any atom is -0.507 e. The number of nitrogens with one attached hydrogen (secondary N) is 1. The van der Waals surface area contributed by atoms with Crippen LogP contribution in [0, 0.1) is 0 Å². The maximum absolute atomic E-state index is 12.2. The van der Waals surface area contributed by atoms with Crippen LogP contribution in [0.4, 0.5) is 5.69 Å². The first-order valence-corrected chi connectivity index (χ1v) is 6.94. The Balaban J connectivity index is 2.02. The molecule has 0 saturated heterocycles. The second kappa shape index (κ2) is 6.95. The van der Waals surface area contributed by atoms with E-state index in [0.717, 1.165) is 0 Å². The van der Waals surface area contributed by atoms with Crippen LogP contribution in [0.5, 0.6) is 5.75 Å². The number of anilines is 1. The van der Waals surface area contributed by atoms with Crippen molar-refractivity contribution < 1.29 is 14.7 Å². The molecule has 0 fully saturated rings. The molecule has 2 aromatic carbocycles. The number of aromatic hydroxyl groups is 1. The molecule has 0 aromatic heterocycles. The molecule has 22 heavy (non-hydrogen) atoms. The van der Waals surface area contributed by atoms with Crippen molar-refractivity contribution in [1.29, 1.82) is 0 Å². The Morgan fingerprint density at radius 3 is 2.55 bits per heavy atom. The van der Waals surface area contributed by atoms with Gasteiger partial charge in [0.2, 0.25) is 5.91 Å².